The molecule has 0 spiro atoms. The Labute approximate surface area is 203 Å². The molecule has 7 nitrogen and oxygen atoms in total. The van der Waals surface area contributed by atoms with E-state index in [1.165, 1.54) is 4.68 Å². The summed E-state index contributed by atoms with van der Waals surface area (Å²) in [6.45, 7) is 3.42. The van der Waals surface area contributed by atoms with Gasteiger partial charge in [0.1, 0.15) is 21.9 Å². The Morgan fingerprint density at radius 2 is 1.88 bits per heavy atom. The molecule has 12 heteroatoms. The largest absolute Gasteiger partial charge is 0.433 e. The number of benzene rings is 1. The second-order valence-corrected chi connectivity index (χ2v) is 9.43. The number of primary amides is 1. The number of carbonyl (C=O) groups is 2. The molecule has 0 aliphatic carbocycles. The number of aryl methyl sites for hydroxylation is 2. The number of pyridine rings is 1. The number of amides is 2. The van der Waals surface area contributed by atoms with Crippen LogP contribution in [0.4, 0.5) is 18.9 Å². The van der Waals surface area contributed by atoms with E-state index in [9.17, 15) is 22.8 Å². The van der Waals surface area contributed by atoms with Crippen LogP contribution in [0.3, 0.4) is 0 Å². The zero-order valence-electron chi connectivity index (χ0n) is 17.8. The third kappa shape index (κ3) is 4.68. The average Bonchev–Trinajstić information content (AvgIpc) is 3.26. The van der Waals surface area contributed by atoms with Crippen molar-refractivity contribution >= 4 is 55.0 Å². The van der Waals surface area contributed by atoms with E-state index in [0.717, 1.165) is 11.6 Å². The van der Waals surface area contributed by atoms with Crippen molar-refractivity contribution in [3.63, 3.8) is 0 Å². The zero-order chi connectivity index (χ0) is 24.8. The number of hydrogen-bond acceptors (Lipinski definition) is 5. The molecule has 0 fully saturated rings. The summed E-state index contributed by atoms with van der Waals surface area (Å²) < 4.78 is 42.9. The van der Waals surface area contributed by atoms with Gasteiger partial charge in [0.15, 0.2) is 0 Å². The molecule has 0 atom stereocenters. The third-order valence-corrected chi connectivity index (χ3v) is 6.87. The predicted octanol–water partition coefficient (Wildman–Crippen LogP) is 5.30. The minimum Gasteiger partial charge on any atom is -0.365 e. The molecule has 3 heterocycles. The molecule has 4 rings (SSSR count). The summed E-state index contributed by atoms with van der Waals surface area (Å²) in [7, 11) is 0. The van der Waals surface area contributed by atoms with E-state index >= 15 is 0 Å². The first-order chi connectivity index (χ1) is 15.9. The van der Waals surface area contributed by atoms with Crippen molar-refractivity contribution in [1.29, 1.82) is 0 Å². The summed E-state index contributed by atoms with van der Waals surface area (Å²) in [6, 6.07) is 7.76. The topological polar surface area (TPSA) is 103 Å². The van der Waals surface area contributed by atoms with Gasteiger partial charge in [0, 0.05) is 11.6 Å². The Balaban J connectivity index is 1.89. The predicted molar refractivity (Wildman–Crippen MR) is 127 cm³/mol. The van der Waals surface area contributed by atoms with Crippen molar-refractivity contribution in [2.24, 2.45) is 5.73 Å². The molecule has 176 valence electrons. The summed E-state index contributed by atoms with van der Waals surface area (Å²) in [5.41, 5.74) is 6.67. The number of nitrogens with two attached hydrogens (primary N) is 1. The van der Waals surface area contributed by atoms with E-state index in [4.69, 9.17) is 5.73 Å². The molecule has 0 aliphatic heterocycles. The number of halogens is 4. The highest BCUT2D eigenvalue weighted by atomic mass is 79.9. The fourth-order valence-corrected chi connectivity index (χ4v) is 4.72. The van der Waals surface area contributed by atoms with Gasteiger partial charge in [0.25, 0.3) is 5.91 Å². The number of aromatic nitrogens is 3. The maximum Gasteiger partial charge on any atom is 0.433 e. The third-order valence-electron chi connectivity index (χ3n) is 5.00. The number of anilines is 1. The van der Waals surface area contributed by atoms with Crippen molar-refractivity contribution in [3.8, 4) is 11.1 Å². The van der Waals surface area contributed by atoms with Crippen LogP contribution in [-0.4, -0.2) is 26.6 Å². The van der Waals surface area contributed by atoms with Crippen LogP contribution < -0.4 is 11.1 Å². The van der Waals surface area contributed by atoms with E-state index < -0.39 is 23.7 Å². The summed E-state index contributed by atoms with van der Waals surface area (Å²) >= 11 is 4.02. The van der Waals surface area contributed by atoms with E-state index in [0.29, 0.717) is 27.1 Å². The lowest BCUT2D eigenvalue weighted by Crippen LogP contribution is -2.21. The molecular weight excluding hydrogens is 535 g/mol. The molecule has 0 saturated heterocycles. The first kappa shape index (κ1) is 23.9. The number of alkyl halides is 3. The minimum atomic E-state index is -4.71. The normalized spacial score (nSPS) is 11.7. The molecule has 0 bridgehead atoms. The number of nitrogens with one attached hydrogen (secondary N) is 1. The maximum absolute atomic E-state index is 13.6. The van der Waals surface area contributed by atoms with Gasteiger partial charge in [-0.05, 0) is 47.0 Å². The maximum atomic E-state index is 13.6. The standard InChI is InChI=1S/C22H17BrF3N5O2S/c1-10-3-5-12(6-4-10)13-7-15(22(24,25)26)28-21-17(13)18(19(34-21)20(27)33)29-16(32)9-31-8-14(23)11(2)30-31/h3-8H,9H2,1-2H3,(H2,27,33)(H,29,32). The lowest BCUT2D eigenvalue weighted by molar-refractivity contribution is -0.140. The van der Waals surface area contributed by atoms with Crippen LogP contribution in [0.15, 0.2) is 41.0 Å². The van der Waals surface area contributed by atoms with Crippen LogP contribution in [0.1, 0.15) is 26.6 Å². The van der Waals surface area contributed by atoms with Crippen LogP contribution in [-0.2, 0) is 17.5 Å². The second kappa shape index (κ2) is 8.84. The average molecular weight is 552 g/mol. The molecule has 34 heavy (non-hydrogen) atoms. The number of nitrogens with zero attached hydrogens (tertiary/aromatic N) is 3. The van der Waals surface area contributed by atoms with E-state index in [2.05, 4.69) is 31.3 Å². The quantitative estimate of drug-likeness (QED) is 0.351. The van der Waals surface area contributed by atoms with Crippen LogP contribution in [0.25, 0.3) is 21.3 Å². The monoisotopic (exact) mass is 551 g/mol. The van der Waals surface area contributed by atoms with Crippen LogP contribution in [0.5, 0.6) is 0 Å². The summed E-state index contributed by atoms with van der Waals surface area (Å²) in [4.78, 5) is 28.5. The van der Waals surface area contributed by atoms with E-state index in [-0.39, 0.29) is 32.9 Å². The Morgan fingerprint density at radius 3 is 2.44 bits per heavy atom. The Bertz CT molecular complexity index is 1410. The van der Waals surface area contributed by atoms with Crippen molar-refractivity contribution in [3.05, 3.63) is 62.8 Å². The van der Waals surface area contributed by atoms with Gasteiger partial charge in [-0.15, -0.1) is 11.3 Å². The first-order valence-corrected chi connectivity index (χ1v) is 11.5. The van der Waals surface area contributed by atoms with Crippen molar-refractivity contribution in [2.75, 3.05) is 5.32 Å². The Hall–Kier alpha value is -3.25. The van der Waals surface area contributed by atoms with Gasteiger partial charge in [0.2, 0.25) is 5.91 Å². The molecule has 4 aromatic rings. The highest BCUT2D eigenvalue weighted by molar-refractivity contribution is 9.10. The second-order valence-electron chi connectivity index (χ2n) is 7.58. The van der Waals surface area contributed by atoms with Gasteiger partial charge in [0.05, 0.1) is 15.9 Å². The SMILES string of the molecule is Cc1ccc(-c2cc(C(F)(F)F)nc3sc(C(N)=O)c(NC(=O)Cn4cc(Br)c(C)n4)c23)cc1. The smallest absolute Gasteiger partial charge is 0.365 e. The lowest BCUT2D eigenvalue weighted by Gasteiger charge is -2.12. The van der Waals surface area contributed by atoms with Gasteiger partial charge in [-0.3, -0.25) is 14.3 Å². The molecule has 1 aromatic carbocycles. The molecule has 0 radical (unpaired) electrons. The van der Waals surface area contributed by atoms with Crippen LogP contribution in [0.2, 0.25) is 0 Å². The number of rotatable bonds is 5. The molecule has 3 aromatic heterocycles. The van der Waals surface area contributed by atoms with Gasteiger partial charge in [-0.25, -0.2) is 4.98 Å². The highest BCUT2D eigenvalue weighted by Gasteiger charge is 2.35. The summed E-state index contributed by atoms with van der Waals surface area (Å²) in [5, 5.41) is 7.05. The highest BCUT2D eigenvalue weighted by Crippen LogP contribution is 2.43. The van der Waals surface area contributed by atoms with Crippen LogP contribution >= 0.6 is 27.3 Å². The fourth-order valence-electron chi connectivity index (χ4n) is 3.40. The van der Waals surface area contributed by atoms with Gasteiger partial charge in [-0.1, -0.05) is 29.8 Å². The molecule has 0 unspecified atom stereocenters. The van der Waals surface area contributed by atoms with Gasteiger partial charge in [-0.2, -0.15) is 18.3 Å². The number of hydrogen-bond donors (Lipinski definition) is 2. The number of fused-ring (bicyclic) bond motifs is 1. The number of carbonyl (C=O) groups excluding carboxylic acids is 2. The first-order valence-electron chi connectivity index (χ1n) is 9.85. The van der Waals surface area contributed by atoms with Gasteiger partial charge < -0.3 is 11.1 Å². The van der Waals surface area contributed by atoms with Crippen molar-refractivity contribution < 1.29 is 22.8 Å². The van der Waals surface area contributed by atoms with Gasteiger partial charge >= 0.3 is 6.18 Å². The Morgan fingerprint density at radius 1 is 1.21 bits per heavy atom. The molecule has 0 saturated carbocycles. The fraction of sp³-hybridized carbons (Fsp3) is 0.182. The molecule has 3 N–H and O–H groups in total. The summed E-state index contributed by atoms with van der Waals surface area (Å²) in [6.07, 6.45) is -3.09. The van der Waals surface area contributed by atoms with Crippen LogP contribution in [0, 0.1) is 13.8 Å². The van der Waals surface area contributed by atoms with E-state index in [1.54, 1.807) is 37.4 Å². The van der Waals surface area contributed by atoms with Crippen molar-refractivity contribution in [2.45, 2.75) is 26.6 Å². The van der Waals surface area contributed by atoms with E-state index in [1.807, 2.05) is 6.92 Å². The molecular formula is C22H17BrF3N5O2S. The zero-order valence-corrected chi connectivity index (χ0v) is 20.2. The minimum absolute atomic E-state index is 0.0252. The Kier molecular flexibility index (Phi) is 6.21. The molecule has 2 amide bonds. The summed E-state index contributed by atoms with van der Waals surface area (Å²) in [5.74, 6) is -1.42. The lowest BCUT2D eigenvalue weighted by atomic mass is 10.00. The number of thiophene rings is 1. The molecule has 0 aliphatic rings. The van der Waals surface area contributed by atoms with Crippen molar-refractivity contribution in [1.82, 2.24) is 14.8 Å².